The highest BCUT2D eigenvalue weighted by atomic mass is 35.5. The summed E-state index contributed by atoms with van der Waals surface area (Å²) in [5.74, 6) is 0.287. The van der Waals surface area contributed by atoms with Crippen molar-refractivity contribution in [1.29, 1.82) is 0 Å². The van der Waals surface area contributed by atoms with Crippen LogP contribution in [0.4, 0.5) is 5.69 Å². The van der Waals surface area contributed by atoms with Gasteiger partial charge in [-0.1, -0.05) is 56.6 Å². The fourth-order valence-electron chi connectivity index (χ4n) is 2.86. The zero-order valence-electron chi connectivity index (χ0n) is 17.3. The first-order chi connectivity index (χ1) is 14.4. The van der Waals surface area contributed by atoms with Gasteiger partial charge in [0.25, 0.3) is 5.91 Å². The number of benzene rings is 3. The van der Waals surface area contributed by atoms with Gasteiger partial charge in [-0.15, -0.1) is 0 Å². The maximum absolute atomic E-state index is 13.0. The molecule has 3 rings (SSSR count). The molecule has 0 aliphatic heterocycles. The van der Waals surface area contributed by atoms with Gasteiger partial charge in [0.1, 0.15) is 11.5 Å². The molecule has 0 bridgehead atoms. The molecule has 162 valence electrons. The second kappa shape index (κ2) is 8.70. The van der Waals surface area contributed by atoms with Crippen molar-refractivity contribution in [2.45, 2.75) is 31.1 Å². The van der Waals surface area contributed by atoms with Crippen LogP contribution in [0.1, 0.15) is 36.7 Å². The Bertz CT molecular complexity index is 1230. The normalized spacial score (nSPS) is 11.8. The molecule has 0 heterocycles. The third-order valence-electron chi connectivity index (χ3n) is 4.57. The molecular weight excluding hydrogens is 436 g/mol. The molecule has 0 atom stereocenters. The summed E-state index contributed by atoms with van der Waals surface area (Å²) >= 11 is 6.23. The number of rotatable bonds is 5. The Hall–Kier alpha value is -2.87. The minimum absolute atomic E-state index is 0.0964. The number of sulfonamides is 1. The summed E-state index contributed by atoms with van der Waals surface area (Å²) in [5.41, 5.74) is 1.37. The van der Waals surface area contributed by atoms with Crippen molar-refractivity contribution in [1.82, 2.24) is 0 Å². The molecule has 0 aromatic heterocycles. The van der Waals surface area contributed by atoms with E-state index in [4.69, 9.17) is 21.5 Å². The van der Waals surface area contributed by atoms with Gasteiger partial charge in [-0.2, -0.15) is 0 Å². The minimum Gasteiger partial charge on any atom is -0.455 e. The molecule has 0 saturated carbocycles. The highest BCUT2D eigenvalue weighted by molar-refractivity contribution is 7.89. The van der Waals surface area contributed by atoms with E-state index in [-0.39, 0.29) is 15.9 Å². The van der Waals surface area contributed by atoms with E-state index in [1.54, 1.807) is 42.5 Å². The summed E-state index contributed by atoms with van der Waals surface area (Å²) in [6, 6.07) is 18.0. The van der Waals surface area contributed by atoms with Crippen LogP contribution in [0.2, 0.25) is 5.02 Å². The molecule has 3 N–H and O–H groups in total. The Morgan fingerprint density at radius 2 is 1.68 bits per heavy atom. The van der Waals surface area contributed by atoms with Gasteiger partial charge in [0.2, 0.25) is 10.0 Å². The predicted molar refractivity (Wildman–Crippen MR) is 122 cm³/mol. The van der Waals surface area contributed by atoms with Crippen LogP contribution in [0.5, 0.6) is 11.5 Å². The number of para-hydroxylation sites is 1. The van der Waals surface area contributed by atoms with Crippen LogP contribution in [0.3, 0.4) is 0 Å². The Labute approximate surface area is 187 Å². The molecule has 0 radical (unpaired) electrons. The number of nitrogens with one attached hydrogen (secondary N) is 1. The van der Waals surface area contributed by atoms with Crippen LogP contribution < -0.4 is 15.2 Å². The number of nitrogens with two attached hydrogens (primary N) is 1. The first-order valence-corrected chi connectivity index (χ1v) is 11.4. The average molecular weight is 459 g/mol. The van der Waals surface area contributed by atoms with Crippen LogP contribution in [-0.2, 0) is 15.4 Å². The van der Waals surface area contributed by atoms with Gasteiger partial charge in [-0.3, -0.25) is 4.79 Å². The van der Waals surface area contributed by atoms with E-state index in [9.17, 15) is 13.2 Å². The van der Waals surface area contributed by atoms with Crippen molar-refractivity contribution in [3.05, 3.63) is 82.9 Å². The Kier molecular flexibility index (Phi) is 6.40. The summed E-state index contributed by atoms with van der Waals surface area (Å²) in [5, 5.41) is 8.29. The molecule has 3 aromatic rings. The van der Waals surface area contributed by atoms with Gasteiger partial charge in [0.05, 0.1) is 15.5 Å². The second-order valence-corrected chi connectivity index (χ2v) is 9.99. The maximum Gasteiger partial charge on any atom is 0.259 e. The molecule has 0 fully saturated rings. The zero-order valence-corrected chi connectivity index (χ0v) is 18.9. The minimum atomic E-state index is -3.89. The number of ether oxygens (including phenoxy) is 1. The summed E-state index contributed by atoms with van der Waals surface area (Å²) in [6.07, 6.45) is 0. The van der Waals surface area contributed by atoms with Crippen molar-refractivity contribution >= 4 is 33.2 Å². The fourth-order valence-corrected chi connectivity index (χ4v) is 3.59. The van der Waals surface area contributed by atoms with Crippen molar-refractivity contribution in [2.75, 3.05) is 5.32 Å². The standard InChI is InChI=1S/C23H23ClN2O4S/c1-23(2,3)15-11-12-18(21(13-15)30-20-10-5-4-9-19(20)24)22(27)26-16-7-6-8-17(14-16)31(25,28)29/h4-14H,1-3H3,(H,26,27)(H2,25,28,29). The molecule has 0 aliphatic rings. The molecule has 0 spiro atoms. The molecule has 0 unspecified atom stereocenters. The molecule has 31 heavy (non-hydrogen) atoms. The van der Waals surface area contributed by atoms with E-state index >= 15 is 0 Å². The molecular formula is C23H23ClN2O4S. The van der Waals surface area contributed by atoms with Crippen LogP contribution in [0, 0.1) is 0 Å². The van der Waals surface area contributed by atoms with Gasteiger partial charge in [0, 0.05) is 5.69 Å². The third-order valence-corrected chi connectivity index (χ3v) is 5.79. The second-order valence-electron chi connectivity index (χ2n) is 8.02. The highest BCUT2D eigenvalue weighted by Gasteiger charge is 2.21. The van der Waals surface area contributed by atoms with E-state index in [2.05, 4.69) is 26.1 Å². The lowest BCUT2D eigenvalue weighted by molar-refractivity contribution is 0.102. The quantitative estimate of drug-likeness (QED) is 0.539. The topological polar surface area (TPSA) is 98.5 Å². The number of halogens is 1. The number of amides is 1. The van der Waals surface area contributed by atoms with E-state index in [1.807, 2.05) is 6.07 Å². The monoisotopic (exact) mass is 458 g/mol. The van der Waals surface area contributed by atoms with Crippen LogP contribution in [0.25, 0.3) is 0 Å². The predicted octanol–water partition coefficient (Wildman–Crippen LogP) is 5.33. The van der Waals surface area contributed by atoms with Crippen molar-refractivity contribution in [2.24, 2.45) is 5.14 Å². The smallest absolute Gasteiger partial charge is 0.259 e. The van der Waals surface area contributed by atoms with Gasteiger partial charge >= 0.3 is 0 Å². The number of primary sulfonamides is 1. The fraction of sp³-hybridized carbons (Fsp3) is 0.174. The van der Waals surface area contributed by atoms with E-state index in [1.165, 1.54) is 18.2 Å². The summed E-state index contributed by atoms with van der Waals surface area (Å²) in [4.78, 5) is 12.9. The third kappa shape index (κ3) is 5.64. The lowest BCUT2D eigenvalue weighted by atomic mass is 9.86. The van der Waals surface area contributed by atoms with E-state index in [0.29, 0.717) is 22.2 Å². The van der Waals surface area contributed by atoms with Gasteiger partial charge in [-0.25, -0.2) is 13.6 Å². The van der Waals surface area contributed by atoms with Crippen molar-refractivity contribution in [3.8, 4) is 11.5 Å². The van der Waals surface area contributed by atoms with Gasteiger partial charge in [0.15, 0.2) is 0 Å². The summed E-state index contributed by atoms with van der Waals surface area (Å²) in [7, 11) is -3.89. The Balaban J connectivity index is 1.99. The van der Waals surface area contributed by atoms with Crippen LogP contribution in [-0.4, -0.2) is 14.3 Å². The molecule has 0 aliphatic carbocycles. The van der Waals surface area contributed by atoms with Crippen LogP contribution in [0.15, 0.2) is 71.6 Å². The summed E-state index contributed by atoms with van der Waals surface area (Å²) in [6.45, 7) is 6.17. The number of hydrogen-bond donors (Lipinski definition) is 2. The number of carbonyl (C=O) groups excluding carboxylic acids is 1. The highest BCUT2D eigenvalue weighted by Crippen LogP contribution is 2.35. The maximum atomic E-state index is 13.0. The largest absolute Gasteiger partial charge is 0.455 e. The number of anilines is 1. The first-order valence-electron chi connectivity index (χ1n) is 9.46. The SMILES string of the molecule is CC(C)(C)c1ccc(C(=O)Nc2cccc(S(N)(=O)=O)c2)c(Oc2ccccc2Cl)c1. The van der Waals surface area contributed by atoms with Gasteiger partial charge in [-0.05, 0) is 53.4 Å². The molecule has 3 aromatic carbocycles. The van der Waals surface area contributed by atoms with E-state index < -0.39 is 15.9 Å². The Morgan fingerprint density at radius 3 is 2.32 bits per heavy atom. The van der Waals surface area contributed by atoms with Crippen molar-refractivity contribution in [3.63, 3.8) is 0 Å². The molecule has 0 saturated heterocycles. The lowest BCUT2D eigenvalue weighted by Gasteiger charge is -2.21. The lowest BCUT2D eigenvalue weighted by Crippen LogP contribution is -2.17. The molecule has 8 heteroatoms. The average Bonchev–Trinajstić information content (AvgIpc) is 2.68. The molecule has 6 nitrogen and oxygen atoms in total. The summed E-state index contributed by atoms with van der Waals surface area (Å²) < 4.78 is 29.2. The number of carbonyl (C=O) groups is 1. The Morgan fingerprint density at radius 1 is 0.968 bits per heavy atom. The van der Waals surface area contributed by atoms with Crippen LogP contribution >= 0.6 is 11.6 Å². The van der Waals surface area contributed by atoms with Crippen molar-refractivity contribution < 1.29 is 17.9 Å². The van der Waals surface area contributed by atoms with E-state index in [0.717, 1.165) is 5.56 Å². The first kappa shape index (κ1) is 22.8. The zero-order chi connectivity index (χ0) is 22.8. The molecule has 1 amide bonds. The van der Waals surface area contributed by atoms with Gasteiger partial charge < -0.3 is 10.1 Å². The number of hydrogen-bond acceptors (Lipinski definition) is 4.